The minimum Gasteiger partial charge on any atom is -0.306 e. The molecular formula is C9H16F2N2. The van der Waals surface area contributed by atoms with E-state index in [2.05, 4.69) is 11.9 Å². The minimum absolute atomic E-state index is 0.0206. The Morgan fingerprint density at radius 1 is 1.38 bits per heavy atom. The molecule has 13 heavy (non-hydrogen) atoms. The van der Waals surface area contributed by atoms with E-state index in [1.165, 1.54) is 0 Å². The van der Waals surface area contributed by atoms with Crippen LogP contribution < -0.4 is 0 Å². The summed E-state index contributed by atoms with van der Waals surface area (Å²) in [6.45, 7) is 3.56. The fourth-order valence-corrected chi connectivity index (χ4v) is 2.27. The van der Waals surface area contributed by atoms with Crippen molar-refractivity contribution in [1.82, 2.24) is 9.80 Å². The second-order valence-electron chi connectivity index (χ2n) is 4.43. The quantitative estimate of drug-likeness (QED) is 0.638. The first kappa shape index (κ1) is 9.34. The van der Waals surface area contributed by atoms with Crippen molar-refractivity contribution in [3.8, 4) is 0 Å². The molecule has 0 atom stereocenters. The van der Waals surface area contributed by atoms with Crippen molar-refractivity contribution in [2.24, 2.45) is 5.92 Å². The largest absolute Gasteiger partial charge is 0.306 e. The number of rotatable bonds is 2. The molecule has 0 unspecified atom stereocenters. The van der Waals surface area contributed by atoms with Gasteiger partial charge in [-0.25, -0.2) is 8.78 Å². The molecule has 0 aromatic rings. The molecular weight excluding hydrogens is 174 g/mol. The lowest BCUT2D eigenvalue weighted by molar-refractivity contribution is 0.00663. The Bertz CT molecular complexity index is 190. The van der Waals surface area contributed by atoms with Gasteiger partial charge in [0.2, 0.25) is 0 Å². The van der Waals surface area contributed by atoms with E-state index < -0.39 is 5.92 Å². The van der Waals surface area contributed by atoms with Crippen LogP contribution in [0.4, 0.5) is 8.78 Å². The maximum Gasteiger partial charge on any atom is 0.261 e. The first-order chi connectivity index (χ1) is 6.05. The minimum atomic E-state index is -2.42. The van der Waals surface area contributed by atoms with Crippen LogP contribution >= 0.6 is 0 Å². The molecule has 76 valence electrons. The molecule has 2 heterocycles. The highest BCUT2D eigenvalue weighted by atomic mass is 19.3. The van der Waals surface area contributed by atoms with Gasteiger partial charge in [-0.15, -0.1) is 0 Å². The monoisotopic (exact) mass is 190 g/mol. The lowest BCUT2D eigenvalue weighted by atomic mass is 10.0. The third kappa shape index (κ3) is 2.17. The molecule has 0 radical (unpaired) electrons. The van der Waals surface area contributed by atoms with Gasteiger partial charge in [-0.3, -0.25) is 4.90 Å². The predicted molar refractivity (Wildman–Crippen MR) is 47.0 cm³/mol. The predicted octanol–water partition coefficient (Wildman–Crippen LogP) is 0.889. The van der Waals surface area contributed by atoms with E-state index in [-0.39, 0.29) is 13.0 Å². The van der Waals surface area contributed by atoms with Gasteiger partial charge in [-0.2, -0.15) is 0 Å². The molecule has 0 spiro atoms. The van der Waals surface area contributed by atoms with Crippen molar-refractivity contribution in [2.45, 2.75) is 12.3 Å². The topological polar surface area (TPSA) is 6.48 Å². The zero-order valence-corrected chi connectivity index (χ0v) is 7.97. The summed E-state index contributed by atoms with van der Waals surface area (Å²) >= 11 is 0. The smallest absolute Gasteiger partial charge is 0.261 e. The van der Waals surface area contributed by atoms with Crippen LogP contribution in [0, 0.1) is 5.92 Å². The Morgan fingerprint density at radius 3 is 2.54 bits per heavy atom. The molecule has 2 aliphatic heterocycles. The van der Waals surface area contributed by atoms with Crippen molar-refractivity contribution in [2.75, 3.05) is 39.8 Å². The fourth-order valence-electron chi connectivity index (χ4n) is 2.27. The van der Waals surface area contributed by atoms with Crippen LogP contribution in [0.5, 0.6) is 0 Å². The lowest BCUT2D eigenvalue weighted by Crippen LogP contribution is -2.49. The first-order valence-corrected chi connectivity index (χ1v) is 4.84. The first-order valence-electron chi connectivity index (χ1n) is 4.84. The Kier molecular flexibility index (Phi) is 2.28. The molecule has 4 heteroatoms. The average molecular weight is 190 g/mol. The summed E-state index contributed by atoms with van der Waals surface area (Å²) in [5, 5.41) is 0. The van der Waals surface area contributed by atoms with Gasteiger partial charge in [0.25, 0.3) is 5.92 Å². The fraction of sp³-hybridized carbons (Fsp3) is 1.00. The van der Waals surface area contributed by atoms with Crippen molar-refractivity contribution in [3.63, 3.8) is 0 Å². The molecule has 2 rings (SSSR count). The Labute approximate surface area is 77.5 Å². The van der Waals surface area contributed by atoms with E-state index in [0.717, 1.165) is 19.6 Å². The van der Waals surface area contributed by atoms with Gasteiger partial charge in [-0.05, 0) is 13.0 Å². The highest BCUT2D eigenvalue weighted by molar-refractivity contribution is 4.86. The molecule has 2 saturated heterocycles. The number of hydrogen-bond donors (Lipinski definition) is 0. The number of hydrogen-bond acceptors (Lipinski definition) is 2. The van der Waals surface area contributed by atoms with Gasteiger partial charge >= 0.3 is 0 Å². The summed E-state index contributed by atoms with van der Waals surface area (Å²) in [5.74, 6) is -1.80. The van der Waals surface area contributed by atoms with E-state index in [1.54, 1.807) is 0 Å². The van der Waals surface area contributed by atoms with Gasteiger partial charge in [0.15, 0.2) is 0 Å². The van der Waals surface area contributed by atoms with Crippen molar-refractivity contribution in [3.05, 3.63) is 0 Å². The highest BCUT2D eigenvalue weighted by Crippen LogP contribution is 2.28. The molecule has 0 saturated carbocycles. The van der Waals surface area contributed by atoms with Gasteiger partial charge in [-0.1, -0.05) is 0 Å². The molecule has 2 aliphatic rings. The third-order valence-corrected chi connectivity index (χ3v) is 2.90. The van der Waals surface area contributed by atoms with Gasteiger partial charge in [0.1, 0.15) is 0 Å². The zero-order chi connectivity index (χ0) is 9.47. The standard InChI is InChI=1S/C9H16F2N2/c1-12-4-8(5-12)6-13-3-2-9(10,11)7-13/h8H,2-7H2,1H3. The number of alkyl halides is 2. The second-order valence-corrected chi connectivity index (χ2v) is 4.43. The summed E-state index contributed by atoms with van der Waals surface area (Å²) in [6, 6.07) is 0. The van der Waals surface area contributed by atoms with Crippen LogP contribution in [0.3, 0.4) is 0 Å². The maximum absolute atomic E-state index is 12.8. The number of likely N-dealkylation sites (tertiary alicyclic amines) is 2. The molecule has 0 amide bonds. The summed E-state index contributed by atoms with van der Waals surface area (Å²) < 4.78 is 25.6. The molecule has 0 aliphatic carbocycles. The molecule has 0 N–H and O–H groups in total. The van der Waals surface area contributed by atoms with Gasteiger partial charge in [0, 0.05) is 32.6 Å². The lowest BCUT2D eigenvalue weighted by Gasteiger charge is -2.38. The second kappa shape index (κ2) is 3.17. The van der Waals surface area contributed by atoms with Gasteiger partial charge in [0.05, 0.1) is 6.54 Å². The number of nitrogens with zero attached hydrogens (tertiary/aromatic N) is 2. The van der Waals surface area contributed by atoms with E-state index in [9.17, 15) is 8.78 Å². The van der Waals surface area contributed by atoms with Crippen LogP contribution in [0.15, 0.2) is 0 Å². The van der Waals surface area contributed by atoms with Crippen LogP contribution in [0.1, 0.15) is 6.42 Å². The Balaban J connectivity index is 1.72. The van der Waals surface area contributed by atoms with Crippen LogP contribution in [-0.2, 0) is 0 Å². The summed E-state index contributed by atoms with van der Waals surface area (Å²) in [4.78, 5) is 4.12. The zero-order valence-electron chi connectivity index (χ0n) is 7.97. The van der Waals surface area contributed by atoms with E-state index >= 15 is 0 Å². The van der Waals surface area contributed by atoms with E-state index in [0.29, 0.717) is 12.5 Å². The van der Waals surface area contributed by atoms with Crippen molar-refractivity contribution < 1.29 is 8.78 Å². The molecule has 2 fully saturated rings. The van der Waals surface area contributed by atoms with Crippen LogP contribution in [-0.4, -0.2) is 55.5 Å². The van der Waals surface area contributed by atoms with Crippen molar-refractivity contribution >= 4 is 0 Å². The summed E-state index contributed by atoms with van der Waals surface area (Å²) in [6.07, 6.45) is 0.0512. The maximum atomic E-state index is 12.8. The normalized spacial score (nSPS) is 30.7. The van der Waals surface area contributed by atoms with Crippen LogP contribution in [0.2, 0.25) is 0 Å². The van der Waals surface area contributed by atoms with Crippen LogP contribution in [0.25, 0.3) is 0 Å². The summed E-state index contributed by atoms with van der Waals surface area (Å²) in [7, 11) is 2.06. The van der Waals surface area contributed by atoms with E-state index in [1.807, 2.05) is 4.90 Å². The SMILES string of the molecule is CN1CC(CN2CCC(F)(F)C2)C1. The molecule has 0 bridgehead atoms. The third-order valence-electron chi connectivity index (χ3n) is 2.90. The Morgan fingerprint density at radius 2 is 2.08 bits per heavy atom. The van der Waals surface area contributed by atoms with E-state index in [4.69, 9.17) is 0 Å². The molecule has 2 nitrogen and oxygen atoms in total. The highest BCUT2D eigenvalue weighted by Gasteiger charge is 2.39. The molecule has 0 aromatic carbocycles. The number of halogens is 2. The average Bonchev–Trinajstić information content (AvgIpc) is 2.27. The molecule has 0 aromatic heterocycles. The van der Waals surface area contributed by atoms with Gasteiger partial charge < -0.3 is 4.90 Å². The summed E-state index contributed by atoms with van der Waals surface area (Å²) in [5.41, 5.74) is 0. The van der Waals surface area contributed by atoms with Crippen molar-refractivity contribution in [1.29, 1.82) is 0 Å². The Hall–Kier alpha value is -0.220.